The molecule has 5 nitrogen and oxygen atoms in total. The molecule has 3 heterocycles. The topological polar surface area (TPSA) is 52.7 Å². The Balaban J connectivity index is 1.55. The molecule has 4 rings (SSSR count). The van der Waals surface area contributed by atoms with E-state index < -0.39 is 0 Å². The smallest absolute Gasteiger partial charge is 0.254 e. The molecule has 0 bridgehead atoms. The molecule has 1 N–H and O–H groups in total. The third kappa shape index (κ3) is 3.09. The zero-order chi connectivity index (χ0) is 17.4. The highest BCUT2D eigenvalue weighted by Crippen LogP contribution is 2.30. The normalized spacial score (nSPS) is 23.5. The Hall–Kier alpha value is -2.14. The SMILES string of the molecule is CC(=O)N1CCC=C(c2ccc3c(c2)CN(C2CCCNC2)C3=O)C1. The van der Waals surface area contributed by atoms with Gasteiger partial charge in [-0.2, -0.15) is 0 Å². The maximum absolute atomic E-state index is 12.8. The number of rotatable bonds is 2. The summed E-state index contributed by atoms with van der Waals surface area (Å²) in [7, 11) is 0. The summed E-state index contributed by atoms with van der Waals surface area (Å²) in [5.74, 6) is 0.288. The van der Waals surface area contributed by atoms with E-state index in [9.17, 15) is 9.59 Å². The van der Waals surface area contributed by atoms with Gasteiger partial charge in [-0.1, -0.05) is 12.1 Å². The van der Waals surface area contributed by atoms with Crippen LogP contribution in [0.1, 0.15) is 47.7 Å². The van der Waals surface area contributed by atoms with E-state index in [4.69, 9.17) is 0 Å². The minimum absolute atomic E-state index is 0.123. The molecule has 132 valence electrons. The fraction of sp³-hybridized carbons (Fsp3) is 0.500. The van der Waals surface area contributed by atoms with Gasteiger partial charge >= 0.3 is 0 Å². The van der Waals surface area contributed by atoms with Crippen molar-refractivity contribution >= 4 is 17.4 Å². The van der Waals surface area contributed by atoms with Crippen molar-refractivity contribution < 1.29 is 9.59 Å². The standard InChI is InChI=1S/C20H25N3O2/c1-14(24)22-9-3-4-16(12-22)15-6-7-19-17(10-15)13-23(20(19)25)18-5-2-8-21-11-18/h4,6-7,10,18,21H,2-3,5,8-9,11-13H2,1H3. The van der Waals surface area contributed by atoms with Gasteiger partial charge in [0, 0.05) is 44.7 Å². The van der Waals surface area contributed by atoms with Crippen molar-refractivity contribution in [2.45, 2.75) is 38.8 Å². The van der Waals surface area contributed by atoms with Crippen molar-refractivity contribution in [1.82, 2.24) is 15.1 Å². The maximum atomic E-state index is 12.8. The van der Waals surface area contributed by atoms with Gasteiger partial charge in [0.2, 0.25) is 5.91 Å². The molecule has 0 spiro atoms. The number of carbonyl (C=O) groups excluding carboxylic acids is 2. The second kappa shape index (κ2) is 6.64. The Labute approximate surface area is 148 Å². The van der Waals surface area contributed by atoms with E-state index in [1.165, 1.54) is 5.57 Å². The molecule has 1 unspecified atom stereocenters. The lowest BCUT2D eigenvalue weighted by atomic mass is 9.97. The molecule has 1 atom stereocenters. The van der Waals surface area contributed by atoms with Crippen LogP contribution in [-0.2, 0) is 11.3 Å². The van der Waals surface area contributed by atoms with Crippen molar-refractivity contribution in [3.63, 3.8) is 0 Å². The first-order valence-electron chi connectivity index (χ1n) is 9.23. The zero-order valence-corrected chi connectivity index (χ0v) is 14.8. The van der Waals surface area contributed by atoms with Crippen LogP contribution in [0.4, 0.5) is 0 Å². The lowest BCUT2D eigenvalue weighted by Gasteiger charge is -2.31. The van der Waals surface area contributed by atoms with Gasteiger partial charge in [0.05, 0.1) is 0 Å². The minimum atomic E-state index is 0.123. The summed E-state index contributed by atoms with van der Waals surface area (Å²) >= 11 is 0. The molecular formula is C20H25N3O2. The van der Waals surface area contributed by atoms with Crippen LogP contribution in [0.25, 0.3) is 5.57 Å². The van der Waals surface area contributed by atoms with Crippen LogP contribution in [0, 0.1) is 0 Å². The van der Waals surface area contributed by atoms with Crippen LogP contribution in [0.3, 0.4) is 0 Å². The van der Waals surface area contributed by atoms with Gasteiger partial charge in [0.1, 0.15) is 0 Å². The molecule has 25 heavy (non-hydrogen) atoms. The highest BCUT2D eigenvalue weighted by molar-refractivity contribution is 5.99. The van der Waals surface area contributed by atoms with Crippen LogP contribution in [0.2, 0.25) is 0 Å². The summed E-state index contributed by atoms with van der Waals surface area (Å²) in [6.45, 7) is 5.74. The second-order valence-electron chi connectivity index (χ2n) is 7.26. The molecule has 3 aliphatic rings. The van der Waals surface area contributed by atoms with Crippen LogP contribution in [0.5, 0.6) is 0 Å². The molecule has 1 fully saturated rings. The number of piperidine rings is 1. The number of nitrogens with one attached hydrogen (secondary N) is 1. The van der Waals surface area contributed by atoms with E-state index in [0.717, 1.165) is 55.6 Å². The summed E-state index contributed by atoms with van der Waals surface area (Å²) in [4.78, 5) is 28.3. The Kier molecular flexibility index (Phi) is 4.34. The van der Waals surface area contributed by atoms with E-state index in [1.54, 1.807) is 6.92 Å². The Morgan fingerprint density at radius 1 is 1.28 bits per heavy atom. The van der Waals surface area contributed by atoms with Crippen molar-refractivity contribution in [2.75, 3.05) is 26.2 Å². The molecule has 1 aromatic rings. The average molecular weight is 339 g/mol. The van der Waals surface area contributed by atoms with E-state index in [-0.39, 0.29) is 11.8 Å². The van der Waals surface area contributed by atoms with Gasteiger partial charge in [-0.05, 0) is 54.6 Å². The molecule has 0 radical (unpaired) electrons. The monoisotopic (exact) mass is 339 g/mol. The van der Waals surface area contributed by atoms with Gasteiger partial charge in [-0.25, -0.2) is 0 Å². The highest BCUT2D eigenvalue weighted by atomic mass is 16.2. The van der Waals surface area contributed by atoms with Gasteiger partial charge in [-0.15, -0.1) is 0 Å². The zero-order valence-electron chi connectivity index (χ0n) is 14.8. The van der Waals surface area contributed by atoms with Crippen LogP contribution >= 0.6 is 0 Å². The summed E-state index contributed by atoms with van der Waals surface area (Å²) in [6.07, 6.45) is 5.33. The lowest BCUT2D eigenvalue weighted by molar-refractivity contribution is -0.128. The Morgan fingerprint density at radius 3 is 2.92 bits per heavy atom. The number of benzene rings is 1. The molecule has 0 saturated carbocycles. The number of hydrogen-bond donors (Lipinski definition) is 1. The molecule has 3 aliphatic heterocycles. The van der Waals surface area contributed by atoms with Crippen molar-refractivity contribution in [2.24, 2.45) is 0 Å². The number of amides is 2. The Bertz CT molecular complexity index is 734. The van der Waals surface area contributed by atoms with E-state index in [0.29, 0.717) is 19.1 Å². The minimum Gasteiger partial charge on any atom is -0.338 e. The molecule has 0 aliphatic carbocycles. The van der Waals surface area contributed by atoms with Gasteiger partial charge < -0.3 is 15.1 Å². The number of nitrogens with zero attached hydrogens (tertiary/aromatic N) is 2. The predicted octanol–water partition coefficient (Wildman–Crippen LogP) is 2.03. The summed E-state index contributed by atoms with van der Waals surface area (Å²) in [6, 6.07) is 6.46. The Morgan fingerprint density at radius 2 is 2.16 bits per heavy atom. The number of carbonyl (C=O) groups is 2. The first-order chi connectivity index (χ1) is 12.1. The number of fused-ring (bicyclic) bond motifs is 1. The van der Waals surface area contributed by atoms with Crippen molar-refractivity contribution in [3.05, 3.63) is 41.0 Å². The van der Waals surface area contributed by atoms with Crippen LogP contribution < -0.4 is 5.32 Å². The largest absolute Gasteiger partial charge is 0.338 e. The summed E-state index contributed by atoms with van der Waals surface area (Å²) in [5, 5.41) is 3.40. The van der Waals surface area contributed by atoms with Gasteiger partial charge in [0.25, 0.3) is 5.91 Å². The maximum Gasteiger partial charge on any atom is 0.254 e. The average Bonchev–Trinajstić information content (AvgIpc) is 2.99. The molecule has 2 amide bonds. The van der Waals surface area contributed by atoms with E-state index in [1.807, 2.05) is 21.9 Å². The quantitative estimate of drug-likeness (QED) is 0.897. The van der Waals surface area contributed by atoms with Crippen LogP contribution in [-0.4, -0.2) is 53.8 Å². The number of hydrogen-bond acceptors (Lipinski definition) is 3. The molecule has 5 heteroatoms. The van der Waals surface area contributed by atoms with Gasteiger partial charge in [-0.3, -0.25) is 9.59 Å². The first kappa shape index (κ1) is 16.3. The molecule has 1 aromatic carbocycles. The van der Waals surface area contributed by atoms with Crippen molar-refractivity contribution in [3.8, 4) is 0 Å². The van der Waals surface area contributed by atoms with Crippen molar-refractivity contribution in [1.29, 1.82) is 0 Å². The van der Waals surface area contributed by atoms with Crippen LogP contribution in [0.15, 0.2) is 24.3 Å². The summed E-state index contributed by atoms with van der Waals surface area (Å²) < 4.78 is 0. The molecular weight excluding hydrogens is 314 g/mol. The third-order valence-corrected chi connectivity index (χ3v) is 5.62. The highest BCUT2D eigenvalue weighted by Gasteiger charge is 2.33. The lowest BCUT2D eigenvalue weighted by Crippen LogP contribution is -2.46. The predicted molar refractivity (Wildman–Crippen MR) is 97.1 cm³/mol. The third-order valence-electron chi connectivity index (χ3n) is 5.62. The van der Waals surface area contributed by atoms with Gasteiger partial charge in [0.15, 0.2) is 0 Å². The fourth-order valence-electron chi connectivity index (χ4n) is 4.16. The molecule has 0 aromatic heterocycles. The molecule has 1 saturated heterocycles. The fourth-order valence-corrected chi connectivity index (χ4v) is 4.16. The summed E-state index contributed by atoms with van der Waals surface area (Å²) in [5.41, 5.74) is 4.29. The first-order valence-corrected chi connectivity index (χ1v) is 9.23. The van der Waals surface area contributed by atoms with E-state index in [2.05, 4.69) is 17.5 Å². The van der Waals surface area contributed by atoms with E-state index >= 15 is 0 Å². The second-order valence-corrected chi connectivity index (χ2v) is 7.26.